The Kier molecular flexibility index (Phi) is 2.78. The first-order valence-electron chi connectivity index (χ1n) is 5.67. The van der Waals surface area contributed by atoms with E-state index in [2.05, 4.69) is 16.0 Å². The number of anilines is 1. The summed E-state index contributed by atoms with van der Waals surface area (Å²) >= 11 is 1.41. The van der Waals surface area contributed by atoms with Gasteiger partial charge in [0.1, 0.15) is 0 Å². The number of aromatic amines is 1. The molecule has 0 radical (unpaired) electrons. The number of thiazole rings is 1. The molecule has 19 heavy (non-hydrogen) atoms. The van der Waals surface area contributed by atoms with Gasteiger partial charge in [0, 0.05) is 28.0 Å². The first-order chi connectivity index (χ1) is 9.28. The number of benzene rings is 1. The van der Waals surface area contributed by atoms with Crippen molar-refractivity contribution in [1.82, 2.24) is 9.97 Å². The fourth-order valence-electron chi connectivity index (χ4n) is 1.99. The molecule has 0 amide bonds. The maximum Gasteiger partial charge on any atom is 0.180 e. The topological polar surface area (TPSA) is 78.5 Å². The molecule has 92 valence electrons. The molecule has 1 aromatic carbocycles. The Labute approximate surface area is 113 Å². The number of nitrogens with two attached hydrogens (primary N) is 1. The van der Waals surface area contributed by atoms with Gasteiger partial charge in [-0.2, -0.15) is 5.26 Å². The molecule has 3 N–H and O–H groups in total. The minimum absolute atomic E-state index is 0.552. The fraction of sp³-hybridized carbons (Fsp3) is 0. The van der Waals surface area contributed by atoms with Crippen LogP contribution in [0.1, 0.15) is 16.8 Å². The van der Waals surface area contributed by atoms with Crippen LogP contribution in [0.25, 0.3) is 23.1 Å². The van der Waals surface area contributed by atoms with Crippen LogP contribution in [-0.4, -0.2) is 9.97 Å². The Hall–Kier alpha value is -2.58. The smallest absolute Gasteiger partial charge is 0.180 e. The van der Waals surface area contributed by atoms with Gasteiger partial charge >= 0.3 is 0 Å². The highest BCUT2D eigenvalue weighted by Gasteiger charge is 2.05. The van der Waals surface area contributed by atoms with E-state index < -0.39 is 0 Å². The van der Waals surface area contributed by atoms with Gasteiger partial charge in [0.2, 0.25) is 0 Å². The lowest BCUT2D eigenvalue weighted by molar-refractivity contribution is 1.39. The first kappa shape index (κ1) is 11.5. The van der Waals surface area contributed by atoms with E-state index in [1.165, 1.54) is 11.3 Å². The molecule has 0 aliphatic heterocycles. The zero-order valence-electron chi connectivity index (χ0n) is 9.92. The summed E-state index contributed by atoms with van der Waals surface area (Å²) in [6.45, 7) is 0. The van der Waals surface area contributed by atoms with Gasteiger partial charge in [-0.3, -0.25) is 0 Å². The van der Waals surface area contributed by atoms with Crippen molar-refractivity contribution in [2.45, 2.75) is 0 Å². The molecule has 0 spiro atoms. The minimum atomic E-state index is 0.552. The van der Waals surface area contributed by atoms with Crippen molar-refractivity contribution in [2.75, 3.05) is 5.73 Å². The van der Waals surface area contributed by atoms with Gasteiger partial charge in [0.15, 0.2) is 5.13 Å². The van der Waals surface area contributed by atoms with Crippen molar-refractivity contribution in [3.8, 4) is 6.07 Å². The second-order valence-electron chi connectivity index (χ2n) is 4.03. The van der Waals surface area contributed by atoms with Gasteiger partial charge in [0.25, 0.3) is 0 Å². The third kappa shape index (κ3) is 2.09. The fourth-order valence-corrected chi connectivity index (χ4v) is 2.52. The van der Waals surface area contributed by atoms with E-state index in [0.717, 1.165) is 22.2 Å². The van der Waals surface area contributed by atoms with E-state index in [-0.39, 0.29) is 0 Å². The van der Waals surface area contributed by atoms with E-state index in [4.69, 9.17) is 11.0 Å². The number of nitrogen functional groups attached to an aromatic ring is 1. The molecular weight excluding hydrogens is 256 g/mol. The number of fused-ring (bicyclic) bond motifs is 1. The molecule has 0 aliphatic rings. The number of nitriles is 1. The van der Waals surface area contributed by atoms with E-state index in [1.807, 2.05) is 41.9 Å². The molecule has 0 aliphatic carbocycles. The molecule has 2 heterocycles. The number of hydrogen-bond acceptors (Lipinski definition) is 4. The Morgan fingerprint density at radius 2 is 2.26 bits per heavy atom. The van der Waals surface area contributed by atoms with Gasteiger partial charge < -0.3 is 10.7 Å². The van der Waals surface area contributed by atoms with Crippen molar-refractivity contribution >= 4 is 39.5 Å². The summed E-state index contributed by atoms with van der Waals surface area (Å²) < 4.78 is 0. The average Bonchev–Trinajstić information content (AvgIpc) is 3.02. The Bertz CT molecular complexity index is 804. The second-order valence-corrected chi connectivity index (χ2v) is 4.92. The predicted octanol–water partition coefficient (Wildman–Crippen LogP) is 3.25. The molecule has 0 unspecified atom stereocenters. The molecule has 0 saturated carbocycles. The Balaban J connectivity index is 2.06. The number of rotatable bonds is 2. The van der Waals surface area contributed by atoms with Crippen LogP contribution in [0.4, 0.5) is 5.13 Å². The minimum Gasteiger partial charge on any atom is -0.375 e. The van der Waals surface area contributed by atoms with Crippen LogP contribution >= 0.6 is 11.3 Å². The van der Waals surface area contributed by atoms with Crippen molar-refractivity contribution in [1.29, 1.82) is 5.26 Å². The summed E-state index contributed by atoms with van der Waals surface area (Å²) in [5, 5.41) is 12.5. The quantitative estimate of drug-likeness (QED) is 0.747. The average molecular weight is 266 g/mol. The van der Waals surface area contributed by atoms with Crippen LogP contribution in [-0.2, 0) is 0 Å². The van der Waals surface area contributed by atoms with Gasteiger partial charge in [-0.1, -0.05) is 12.1 Å². The highest BCUT2D eigenvalue weighted by atomic mass is 32.1. The standard InChI is InChI=1S/C14H10N4S/c15-6-9-2-1-3-12-13(9)10(7-17-12)4-5-11-8-19-14(16)18-11/h1-5,7-8,17H,(H2,16,18)/b5-4+. The first-order valence-corrected chi connectivity index (χ1v) is 6.55. The maximum atomic E-state index is 9.15. The molecule has 0 saturated heterocycles. The molecule has 0 fully saturated rings. The van der Waals surface area contributed by atoms with Crippen LogP contribution in [0, 0.1) is 11.3 Å². The molecular formula is C14H10N4S. The van der Waals surface area contributed by atoms with Crippen LogP contribution in [0.5, 0.6) is 0 Å². The molecule has 3 aromatic rings. The van der Waals surface area contributed by atoms with Crippen molar-refractivity contribution in [3.63, 3.8) is 0 Å². The van der Waals surface area contributed by atoms with Gasteiger partial charge in [0.05, 0.1) is 17.3 Å². The van der Waals surface area contributed by atoms with E-state index in [1.54, 1.807) is 0 Å². The van der Waals surface area contributed by atoms with Crippen molar-refractivity contribution in [2.24, 2.45) is 0 Å². The predicted molar refractivity (Wildman–Crippen MR) is 78.5 cm³/mol. The van der Waals surface area contributed by atoms with Gasteiger partial charge in [-0.05, 0) is 18.2 Å². The van der Waals surface area contributed by atoms with Crippen LogP contribution < -0.4 is 5.73 Å². The summed E-state index contributed by atoms with van der Waals surface area (Å²) in [6, 6.07) is 7.84. The molecule has 3 rings (SSSR count). The van der Waals surface area contributed by atoms with Crippen LogP contribution in [0.15, 0.2) is 29.8 Å². The molecule has 2 aromatic heterocycles. The number of nitrogens with zero attached hydrogens (tertiary/aromatic N) is 2. The molecule has 0 atom stereocenters. The third-order valence-electron chi connectivity index (χ3n) is 2.83. The number of H-pyrrole nitrogens is 1. The van der Waals surface area contributed by atoms with E-state index in [9.17, 15) is 0 Å². The lowest BCUT2D eigenvalue weighted by atomic mass is 10.1. The second kappa shape index (κ2) is 4.59. The van der Waals surface area contributed by atoms with Crippen molar-refractivity contribution < 1.29 is 0 Å². The summed E-state index contributed by atoms with van der Waals surface area (Å²) in [6.07, 6.45) is 5.72. The highest BCUT2D eigenvalue weighted by molar-refractivity contribution is 7.13. The maximum absolute atomic E-state index is 9.15. The van der Waals surface area contributed by atoms with Gasteiger partial charge in [-0.25, -0.2) is 4.98 Å². The lowest BCUT2D eigenvalue weighted by Gasteiger charge is -1.94. The van der Waals surface area contributed by atoms with E-state index >= 15 is 0 Å². The highest BCUT2D eigenvalue weighted by Crippen LogP contribution is 2.24. The molecule has 0 bridgehead atoms. The van der Waals surface area contributed by atoms with Crippen LogP contribution in [0.2, 0.25) is 0 Å². The summed E-state index contributed by atoms with van der Waals surface area (Å²) in [5.41, 5.74) is 9.00. The Morgan fingerprint density at radius 1 is 1.37 bits per heavy atom. The number of aromatic nitrogens is 2. The molecule has 5 heteroatoms. The number of nitrogens with one attached hydrogen (secondary N) is 1. The summed E-state index contributed by atoms with van der Waals surface area (Å²) in [7, 11) is 0. The zero-order chi connectivity index (χ0) is 13.2. The summed E-state index contributed by atoms with van der Waals surface area (Å²) in [5.74, 6) is 0. The third-order valence-corrected chi connectivity index (χ3v) is 3.52. The van der Waals surface area contributed by atoms with Crippen molar-refractivity contribution in [3.05, 3.63) is 46.6 Å². The lowest BCUT2D eigenvalue weighted by Crippen LogP contribution is -1.81. The monoisotopic (exact) mass is 266 g/mol. The van der Waals surface area contributed by atoms with Gasteiger partial charge in [-0.15, -0.1) is 11.3 Å². The largest absolute Gasteiger partial charge is 0.375 e. The zero-order valence-corrected chi connectivity index (χ0v) is 10.7. The van der Waals surface area contributed by atoms with Crippen LogP contribution in [0.3, 0.4) is 0 Å². The molecule has 4 nitrogen and oxygen atoms in total. The van der Waals surface area contributed by atoms with E-state index in [0.29, 0.717) is 10.7 Å². The SMILES string of the molecule is N#Cc1cccc2[nH]cc(/C=C/c3csc(N)n3)c12. The normalized spacial score (nSPS) is 11.1. The summed E-state index contributed by atoms with van der Waals surface area (Å²) in [4.78, 5) is 7.33. The number of hydrogen-bond donors (Lipinski definition) is 2. The Morgan fingerprint density at radius 3 is 3.00 bits per heavy atom.